The average molecular weight is 613 g/mol. The van der Waals surface area contributed by atoms with E-state index in [9.17, 15) is 15.0 Å². The van der Waals surface area contributed by atoms with Crippen molar-refractivity contribution in [3.05, 3.63) is 131 Å². The standard InChI is InChI=1S/C36H40N2O5S/c1-25-33(24-44-18-17-39)42-35(43-34(25)29-15-13-27(23-40)14-16-29)32-12-6-11-31(20-32)30-10-5-9-28(19-30)22-38-36(41)37-21-26-7-3-2-4-8-26/h2-16,19-20,25,33-35,39-40H,17-18,21-24H2,1H3,(H2,37,38,41)/t25-,33+,34+,35+/m0/s1. The third-order valence-corrected chi connectivity index (χ3v) is 8.84. The first-order valence-corrected chi connectivity index (χ1v) is 16.1. The zero-order valence-corrected chi connectivity index (χ0v) is 25.7. The van der Waals surface area contributed by atoms with Crippen molar-refractivity contribution in [1.82, 2.24) is 10.6 Å². The molecule has 2 amide bonds. The first-order chi connectivity index (χ1) is 21.5. The van der Waals surface area contributed by atoms with E-state index in [4.69, 9.17) is 9.47 Å². The van der Waals surface area contributed by atoms with Gasteiger partial charge in [-0.25, -0.2) is 4.79 Å². The van der Waals surface area contributed by atoms with Gasteiger partial charge in [-0.2, -0.15) is 11.8 Å². The molecular weight excluding hydrogens is 572 g/mol. The second kappa shape index (κ2) is 15.9. The Morgan fingerprint density at radius 1 is 0.750 bits per heavy atom. The third-order valence-electron chi connectivity index (χ3n) is 7.81. The number of urea groups is 1. The fourth-order valence-electron chi connectivity index (χ4n) is 5.32. The Balaban J connectivity index is 1.29. The molecule has 8 heteroatoms. The van der Waals surface area contributed by atoms with Crippen molar-refractivity contribution in [3.8, 4) is 11.1 Å². The highest BCUT2D eigenvalue weighted by Gasteiger charge is 2.38. The Hall–Kier alpha value is -3.66. The fraction of sp³-hybridized carbons (Fsp3) is 0.306. The van der Waals surface area contributed by atoms with Gasteiger partial charge >= 0.3 is 6.03 Å². The van der Waals surface area contributed by atoms with Crippen LogP contribution in [0.5, 0.6) is 0 Å². The van der Waals surface area contributed by atoms with Gasteiger partial charge in [0.25, 0.3) is 0 Å². The zero-order valence-electron chi connectivity index (χ0n) is 24.9. The predicted molar refractivity (Wildman–Crippen MR) is 175 cm³/mol. The van der Waals surface area contributed by atoms with Crippen LogP contribution < -0.4 is 10.6 Å². The van der Waals surface area contributed by atoms with E-state index in [1.54, 1.807) is 11.8 Å². The minimum Gasteiger partial charge on any atom is -0.396 e. The molecule has 1 aliphatic rings. The van der Waals surface area contributed by atoms with Crippen LogP contribution in [0.2, 0.25) is 0 Å². The molecule has 230 valence electrons. The number of ether oxygens (including phenoxy) is 2. The van der Waals surface area contributed by atoms with Gasteiger partial charge in [-0.05, 0) is 45.5 Å². The van der Waals surface area contributed by atoms with E-state index < -0.39 is 6.29 Å². The van der Waals surface area contributed by atoms with Crippen LogP contribution in [0.3, 0.4) is 0 Å². The number of thioether (sulfide) groups is 1. The van der Waals surface area contributed by atoms with Crippen molar-refractivity contribution in [3.63, 3.8) is 0 Å². The van der Waals surface area contributed by atoms with Crippen LogP contribution in [0.15, 0.2) is 103 Å². The lowest BCUT2D eigenvalue weighted by Gasteiger charge is -2.41. The zero-order chi connectivity index (χ0) is 30.7. The van der Waals surface area contributed by atoms with Crippen molar-refractivity contribution < 1.29 is 24.5 Å². The van der Waals surface area contributed by atoms with E-state index >= 15 is 0 Å². The summed E-state index contributed by atoms with van der Waals surface area (Å²) in [7, 11) is 0. The molecule has 0 spiro atoms. The number of benzene rings is 4. The molecule has 1 saturated heterocycles. The number of aliphatic hydroxyl groups excluding tert-OH is 2. The van der Waals surface area contributed by atoms with Gasteiger partial charge in [-0.1, -0.05) is 97.9 Å². The summed E-state index contributed by atoms with van der Waals surface area (Å²) in [5.41, 5.74) is 6.93. The van der Waals surface area contributed by atoms with Crippen molar-refractivity contribution >= 4 is 17.8 Å². The molecular formula is C36H40N2O5S. The van der Waals surface area contributed by atoms with Gasteiger partial charge in [0.1, 0.15) is 0 Å². The second-order valence-corrected chi connectivity index (χ2v) is 12.1. The lowest BCUT2D eigenvalue weighted by molar-refractivity contribution is -0.268. The number of hydrogen-bond donors (Lipinski definition) is 4. The van der Waals surface area contributed by atoms with E-state index in [1.165, 1.54) is 0 Å². The molecule has 0 bridgehead atoms. The number of carbonyl (C=O) groups excluding carboxylic acids is 1. The molecule has 7 nitrogen and oxygen atoms in total. The van der Waals surface area contributed by atoms with Gasteiger partial charge in [-0.3, -0.25) is 0 Å². The Bertz CT molecular complexity index is 1480. The van der Waals surface area contributed by atoms with E-state index in [1.807, 2.05) is 78.9 Å². The average Bonchev–Trinajstić information content (AvgIpc) is 3.08. The highest BCUT2D eigenvalue weighted by Crippen LogP contribution is 2.43. The van der Waals surface area contributed by atoms with Crippen molar-refractivity contribution in [1.29, 1.82) is 0 Å². The summed E-state index contributed by atoms with van der Waals surface area (Å²) < 4.78 is 13.2. The number of hydrogen-bond acceptors (Lipinski definition) is 6. The summed E-state index contributed by atoms with van der Waals surface area (Å²) >= 11 is 1.68. The monoisotopic (exact) mass is 612 g/mol. The molecule has 4 aromatic carbocycles. The molecule has 44 heavy (non-hydrogen) atoms. The highest BCUT2D eigenvalue weighted by atomic mass is 32.2. The van der Waals surface area contributed by atoms with Crippen LogP contribution in [-0.2, 0) is 29.2 Å². The summed E-state index contributed by atoms with van der Waals surface area (Å²) in [6, 6.07) is 33.8. The number of amides is 2. The minimum absolute atomic E-state index is 0.000964. The van der Waals surface area contributed by atoms with E-state index in [2.05, 4.69) is 41.8 Å². The van der Waals surface area contributed by atoms with Crippen molar-refractivity contribution in [2.45, 2.75) is 45.1 Å². The van der Waals surface area contributed by atoms with E-state index in [0.29, 0.717) is 18.8 Å². The van der Waals surface area contributed by atoms with Crippen LogP contribution in [-0.4, -0.2) is 40.5 Å². The molecule has 4 aromatic rings. The van der Waals surface area contributed by atoms with Crippen molar-refractivity contribution in [2.24, 2.45) is 5.92 Å². The summed E-state index contributed by atoms with van der Waals surface area (Å²) in [4.78, 5) is 12.4. The molecule has 0 radical (unpaired) electrons. The normalized spacial score (nSPS) is 19.8. The summed E-state index contributed by atoms with van der Waals surface area (Å²) in [5.74, 6) is 1.50. The van der Waals surface area contributed by atoms with Crippen LogP contribution >= 0.6 is 11.8 Å². The first kappa shape index (κ1) is 31.8. The molecule has 1 heterocycles. The molecule has 4 atom stereocenters. The Kier molecular flexibility index (Phi) is 11.5. The van der Waals surface area contributed by atoms with Gasteiger partial charge in [-0.15, -0.1) is 0 Å². The maximum absolute atomic E-state index is 12.4. The summed E-state index contributed by atoms with van der Waals surface area (Å²) in [6.45, 7) is 3.15. The lowest BCUT2D eigenvalue weighted by atomic mass is 9.91. The second-order valence-electron chi connectivity index (χ2n) is 11.0. The maximum atomic E-state index is 12.4. The number of aliphatic hydroxyl groups is 2. The number of rotatable bonds is 12. The van der Waals surface area contributed by atoms with Gasteiger partial charge in [0.15, 0.2) is 6.29 Å². The van der Waals surface area contributed by atoms with Gasteiger partial charge in [0.05, 0.1) is 25.4 Å². The maximum Gasteiger partial charge on any atom is 0.315 e. The fourth-order valence-corrected chi connectivity index (χ4v) is 6.23. The van der Waals surface area contributed by atoms with Crippen LogP contribution in [0.1, 0.15) is 47.1 Å². The van der Waals surface area contributed by atoms with Gasteiger partial charge in [0, 0.05) is 36.1 Å². The van der Waals surface area contributed by atoms with Crippen molar-refractivity contribution in [2.75, 3.05) is 18.1 Å². The smallest absolute Gasteiger partial charge is 0.315 e. The van der Waals surface area contributed by atoms with Crippen LogP contribution in [0.4, 0.5) is 4.79 Å². The molecule has 1 aliphatic heterocycles. The van der Waals surface area contributed by atoms with Gasteiger partial charge < -0.3 is 30.3 Å². The lowest BCUT2D eigenvalue weighted by Crippen LogP contribution is -2.38. The molecule has 0 aliphatic carbocycles. The SMILES string of the molecule is C[C@H]1[C@@H](CSCCO)O[C@@H](c2cccc(-c3cccc(CNC(=O)NCc4ccccc4)c3)c2)O[C@H]1c1ccc(CO)cc1. The summed E-state index contributed by atoms with van der Waals surface area (Å²) in [6.07, 6.45) is -0.821. The van der Waals surface area contributed by atoms with E-state index in [0.717, 1.165) is 44.7 Å². The molecule has 5 rings (SSSR count). The molecule has 0 saturated carbocycles. The number of nitrogens with one attached hydrogen (secondary N) is 2. The van der Waals surface area contributed by atoms with Gasteiger partial charge in [0.2, 0.25) is 0 Å². The minimum atomic E-state index is -0.563. The predicted octanol–water partition coefficient (Wildman–Crippen LogP) is 6.36. The molecule has 4 N–H and O–H groups in total. The molecule has 0 aromatic heterocycles. The first-order valence-electron chi connectivity index (χ1n) is 15.0. The molecule has 1 fully saturated rings. The molecule has 0 unspecified atom stereocenters. The third kappa shape index (κ3) is 8.49. The topological polar surface area (TPSA) is 100 Å². The van der Waals surface area contributed by atoms with Crippen LogP contribution in [0.25, 0.3) is 11.1 Å². The Morgan fingerprint density at radius 3 is 2.16 bits per heavy atom. The van der Waals surface area contributed by atoms with Crippen LogP contribution in [0, 0.1) is 5.92 Å². The quantitative estimate of drug-likeness (QED) is 0.139. The largest absolute Gasteiger partial charge is 0.396 e. The Morgan fingerprint density at radius 2 is 1.43 bits per heavy atom. The Labute approximate surface area is 263 Å². The van der Waals surface area contributed by atoms with E-state index in [-0.39, 0.29) is 37.4 Å². The number of carbonyl (C=O) groups is 1. The summed E-state index contributed by atoms with van der Waals surface area (Å²) in [5, 5.41) is 24.7. The highest BCUT2D eigenvalue weighted by molar-refractivity contribution is 7.99.